The topological polar surface area (TPSA) is 108 Å². The molecule has 1 unspecified atom stereocenters. The lowest BCUT2D eigenvalue weighted by atomic mass is 10.1. The molecule has 1 aliphatic rings. The quantitative estimate of drug-likeness (QED) is 0.536. The third kappa shape index (κ3) is 3.07. The summed E-state index contributed by atoms with van der Waals surface area (Å²) in [6.07, 6.45) is 9.55. The number of nitrogens with zero attached hydrogens (tertiary/aromatic N) is 5. The Hall–Kier alpha value is -3.53. The molecule has 29 heavy (non-hydrogen) atoms. The van der Waals surface area contributed by atoms with Gasteiger partial charge in [0.15, 0.2) is 5.65 Å². The molecule has 0 spiro atoms. The second kappa shape index (κ2) is 6.82. The minimum absolute atomic E-state index is 0.0459. The number of thiophene rings is 1. The van der Waals surface area contributed by atoms with Gasteiger partial charge in [-0.15, -0.1) is 11.3 Å². The van der Waals surface area contributed by atoms with E-state index in [1.807, 2.05) is 17.6 Å². The molecule has 5 rings (SSSR count). The van der Waals surface area contributed by atoms with E-state index in [0.717, 1.165) is 22.3 Å². The fourth-order valence-corrected chi connectivity index (χ4v) is 4.23. The van der Waals surface area contributed by atoms with E-state index in [1.165, 1.54) is 11.3 Å². The van der Waals surface area contributed by atoms with Crippen molar-refractivity contribution < 1.29 is 9.59 Å². The van der Waals surface area contributed by atoms with E-state index in [9.17, 15) is 9.59 Å². The van der Waals surface area contributed by atoms with Crippen molar-refractivity contribution in [3.05, 3.63) is 47.3 Å². The highest BCUT2D eigenvalue weighted by Crippen LogP contribution is 2.29. The minimum atomic E-state index is -0.446. The maximum absolute atomic E-state index is 12.6. The van der Waals surface area contributed by atoms with Crippen molar-refractivity contribution in [2.24, 2.45) is 0 Å². The van der Waals surface area contributed by atoms with Crippen molar-refractivity contribution >= 4 is 28.8 Å². The molecule has 4 aromatic rings. The smallest absolute Gasteiger partial charge is 0.262 e. The summed E-state index contributed by atoms with van der Waals surface area (Å²) in [4.78, 5) is 31.3. The number of fused-ring (bicyclic) bond motifs is 1. The number of likely N-dealkylation sites (tertiary alicyclic amines) is 1. The molecule has 1 atom stereocenters. The monoisotopic (exact) mass is 407 g/mol. The van der Waals surface area contributed by atoms with E-state index < -0.39 is 6.04 Å². The number of hydrogen-bond acceptors (Lipinski definition) is 6. The summed E-state index contributed by atoms with van der Waals surface area (Å²) in [5, 5.41) is 15.9. The number of aromatic nitrogens is 5. The van der Waals surface area contributed by atoms with Crippen molar-refractivity contribution in [3.8, 4) is 22.3 Å². The Morgan fingerprint density at radius 1 is 1.28 bits per heavy atom. The zero-order valence-electron chi connectivity index (χ0n) is 15.5. The molecule has 9 nitrogen and oxygen atoms in total. The molecular weight excluding hydrogens is 390 g/mol. The number of likely N-dealkylation sites (N-methyl/N-ethyl adjacent to an activating group) is 1. The van der Waals surface area contributed by atoms with Crippen LogP contribution in [-0.4, -0.2) is 61.1 Å². The van der Waals surface area contributed by atoms with Crippen molar-refractivity contribution in [2.75, 3.05) is 13.6 Å². The van der Waals surface area contributed by atoms with E-state index >= 15 is 0 Å². The third-order valence-corrected chi connectivity index (χ3v) is 5.98. The highest BCUT2D eigenvalue weighted by atomic mass is 32.1. The van der Waals surface area contributed by atoms with E-state index in [-0.39, 0.29) is 11.8 Å². The number of hydrogen-bond donors (Lipinski definition) is 2. The van der Waals surface area contributed by atoms with Crippen LogP contribution in [0.5, 0.6) is 0 Å². The lowest BCUT2D eigenvalue weighted by Crippen LogP contribution is -2.40. The lowest BCUT2D eigenvalue weighted by molar-refractivity contribution is -0.128. The largest absolute Gasteiger partial charge is 0.344 e. The van der Waals surface area contributed by atoms with E-state index in [2.05, 4.69) is 25.6 Å². The first kappa shape index (κ1) is 17.6. The Kier molecular flexibility index (Phi) is 4.13. The number of rotatable bonds is 4. The summed E-state index contributed by atoms with van der Waals surface area (Å²) >= 11 is 1.34. The maximum Gasteiger partial charge on any atom is 0.262 e. The van der Waals surface area contributed by atoms with Gasteiger partial charge in [-0.2, -0.15) is 10.2 Å². The van der Waals surface area contributed by atoms with E-state index in [4.69, 9.17) is 0 Å². The fourth-order valence-electron chi connectivity index (χ4n) is 3.42. The van der Waals surface area contributed by atoms with Gasteiger partial charge in [0.25, 0.3) is 5.91 Å². The first-order chi connectivity index (χ1) is 14.1. The Balaban J connectivity index is 1.39. The number of carbonyl (C=O) groups excluding carboxylic acids is 2. The Morgan fingerprint density at radius 3 is 2.93 bits per heavy atom. The number of H-pyrrole nitrogens is 1. The summed E-state index contributed by atoms with van der Waals surface area (Å²) in [7, 11) is 1.74. The standard InChI is InChI=1S/C19H17N7O2S/c1-25-3-2-15(19(25)28)24-18(27)16-4-11(10-29-16)14-8-23-26-9-13(5-20-17(14)26)12-6-21-22-7-12/h4-10,15H,2-3H2,1H3,(H,21,22)(H,24,27). The van der Waals surface area contributed by atoms with Gasteiger partial charge >= 0.3 is 0 Å². The second-order valence-electron chi connectivity index (χ2n) is 6.93. The number of amides is 2. The van der Waals surface area contributed by atoms with Gasteiger partial charge in [-0.05, 0) is 23.4 Å². The van der Waals surface area contributed by atoms with Crippen LogP contribution in [0.3, 0.4) is 0 Å². The van der Waals surface area contributed by atoms with Gasteiger partial charge in [0.2, 0.25) is 5.91 Å². The molecule has 2 amide bonds. The molecule has 1 aliphatic heterocycles. The summed E-state index contributed by atoms with van der Waals surface area (Å²) in [5.74, 6) is -0.281. The van der Waals surface area contributed by atoms with Gasteiger partial charge in [-0.25, -0.2) is 9.50 Å². The van der Waals surface area contributed by atoms with Crippen molar-refractivity contribution in [1.82, 2.24) is 35.0 Å². The van der Waals surface area contributed by atoms with Crippen LogP contribution in [-0.2, 0) is 4.79 Å². The predicted octanol–water partition coefficient (Wildman–Crippen LogP) is 1.81. The van der Waals surface area contributed by atoms with Crippen LogP contribution >= 0.6 is 11.3 Å². The molecule has 0 aromatic carbocycles. The van der Waals surface area contributed by atoms with Gasteiger partial charge in [-0.3, -0.25) is 14.7 Å². The van der Waals surface area contributed by atoms with Gasteiger partial charge in [0.1, 0.15) is 6.04 Å². The first-order valence-electron chi connectivity index (χ1n) is 9.07. The van der Waals surface area contributed by atoms with Crippen LogP contribution in [0.25, 0.3) is 27.9 Å². The molecule has 5 heterocycles. The van der Waals surface area contributed by atoms with Crippen molar-refractivity contribution in [2.45, 2.75) is 12.5 Å². The maximum atomic E-state index is 12.6. The SMILES string of the molecule is CN1CCC(NC(=O)c2cc(-c3cnn4cc(-c5cn[nH]c5)cnc34)cs2)C1=O. The normalized spacial score (nSPS) is 16.7. The lowest BCUT2D eigenvalue weighted by Gasteiger charge is -2.11. The van der Waals surface area contributed by atoms with E-state index in [0.29, 0.717) is 23.5 Å². The summed E-state index contributed by atoms with van der Waals surface area (Å²) < 4.78 is 1.71. The number of aromatic amines is 1. The molecule has 0 radical (unpaired) electrons. The van der Waals surface area contributed by atoms with Gasteiger partial charge in [0, 0.05) is 48.9 Å². The zero-order chi connectivity index (χ0) is 20.0. The Morgan fingerprint density at radius 2 is 2.17 bits per heavy atom. The molecule has 0 saturated carbocycles. The van der Waals surface area contributed by atoms with Gasteiger partial charge in [0.05, 0.1) is 17.3 Å². The molecule has 1 fully saturated rings. The molecule has 4 aromatic heterocycles. The summed E-state index contributed by atoms with van der Waals surface area (Å²) in [6, 6.07) is 1.37. The van der Waals surface area contributed by atoms with Crippen LogP contribution in [0.15, 0.2) is 42.4 Å². The Labute approximate surface area is 169 Å². The number of carbonyl (C=O) groups is 2. The third-order valence-electron chi connectivity index (χ3n) is 5.06. The van der Waals surface area contributed by atoms with Crippen LogP contribution in [0.1, 0.15) is 16.1 Å². The fraction of sp³-hybridized carbons (Fsp3) is 0.211. The molecular formula is C19H17N7O2S. The average Bonchev–Trinajstić information content (AvgIpc) is 3.51. The number of nitrogens with one attached hydrogen (secondary N) is 2. The van der Waals surface area contributed by atoms with Crippen molar-refractivity contribution in [3.63, 3.8) is 0 Å². The molecule has 0 bridgehead atoms. The van der Waals surface area contributed by atoms with E-state index in [1.54, 1.807) is 41.3 Å². The molecule has 0 aliphatic carbocycles. The summed E-state index contributed by atoms with van der Waals surface area (Å²) in [5.41, 5.74) is 4.24. The van der Waals surface area contributed by atoms with Gasteiger partial charge in [-0.1, -0.05) is 0 Å². The first-order valence-corrected chi connectivity index (χ1v) is 9.95. The molecule has 10 heteroatoms. The van der Waals surface area contributed by atoms with Crippen LogP contribution in [0.2, 0.25) is 0 Å². The molecule has 1 saturated heterocycles. The molecule has 146 valence electrons. The van der Waals surface area contributed by atoms with Gasteiger partial charge < -0.3 is 10.2 Å². The minimum Gasteiger partial charge on any atom is -0.344 e. The molecule has 2 N–H and O–H groups in total. The second-order valence-corrected chi connectivity index (χ2v) is 7.84. The predicted molar refractivity (Wildman–Crippen MR) is 107 cm³/mol. The van der Waals surface area contributed by atoms with Crippen LogP contribution < -0.4 is 5.32 Å². The Bertz CT molecular complexity index is 1210. The average molecular weight is 407 g/mol. The highest BCUT2D eigenvalue weighted by Gasteiger charge is 2.30. The highest BCUT2D eigenvalue weighted by molar-refractivity contribution is 7.12. The van der Waals surface area contributed by atoms with Crippen molar-refractivity contribution in [1.29, 1.82) is 0 Å². The van der Waals surface area contributed by atoms with Crippen LogP contribution in [0, 0.1) is 0 Å². The summed E-state index contributed by atoms with van der Waals surface area (Å²) in [6.45, 7) is 0.661. The zero-order valence-corrected chi connectivity index (χ0v) is 16.3. The van der Waals surface area contributed by atoms with Crippen LogP contribution in [0.4, 0.5) is 0 Å².